The molecule has 3 aromatic rings. The van der Waals surface area contributed by atoms with Crippen LogP contribution < -0.4 is 4.74 Å². The normalized spacial score (nSPS) is 15.0. The summed E-state index contributed by atoms with van der Waals surface area (Å²) in [7, 11) is 0. The third kappa shape index (κ3) is 5.47. The Morgan fingerprint density at radius 3 is 2.59 bits per heavy atom. The van der Waals surface area contributed by atoms with E-state index in [9.17, 15) is 4.79 Å². The molecule has 7 heteroatoms. The molecule has 1 fully saturated rings. The summed E-state index contributed by atoms with van der Waals surface area (Å²) in [6, 6.07) is 15.5. The number of benzene rings is 2. The molecule has 0 unspecified atom stereocenters. The molecule has 1 aliphatic rings. The van der Waals surface area contributed by atoms with Crippen molar-refractivity contribution in [1.82, 2.24) is 14.8 Å². The minimum absolute atomic E-state index is 0.223. The highest BCUT2D eigenvalue weighted by atomic mass is 35.5. The zero-order chi connectivity index (χ0) is 20.1. The van der Waals surface area contributed by atoms with Crippen molar-refractivity contribution in [2.45, 2.75) is 12.8 Å². The smallest absolute Gasteiger partial charge is 0.223 e. The van der Waals surface area contributed by atoms with Crippen molar-refractivity contribution in [3.05, 3.63) is 58.6 Å². The van der Waals surface area contributed by atoms with Gasteiger partial charge in [0, 0.05) is 50.6 Å². The van der Waals surface area contributed by atoms with Crippen LogP contribution in [-0.2, 0) is 11.2 Å². The molecule has 2 heterocycles. The van der Waals surface area contributed by atoms with Gasteiger partial charge in [-0.3, -0.25) is 9.69 Å². The molecule has 1 amide bonds. The number of halogens is 1. The second-order valence-electron chi connectivity index (χ2n) is 7.10. The summed E-state index contributed by atoms with van der Waals surface area (Å²) in [5, 5.41) is 1.75. The van der Waals surface area contributed by atoms with Crippen molar-refractivity contribution < 1.29 is 9.53 Å². The Kier molecular flexibility index (Phi) is 6.64. The van der Waals surface area contributed by atoms with Gasteiger partial charge in [-0.15, -0.1) is 11.3 Å². The van der Waals surface area contributed by atoms with Gasteiger partial charge in [0.15, 0.2) is 0 Å². The Balaban J connectivity index is 1.17. The van der Waals surface area contributed by atoms with Gasteiger partial charge in [0.1, 0.15) is 12.4 Å². The standard InChI is InChI=1S/C22H24ClN3O2S/c23-17-5-7-18(8-6-17)28-16-15-25-11-13-26(14-12-25)22(27)10-9-21-24-19-3-1-2-4-20(19)29-21/h1-8H,9-16H2. The molecule has 1 aliphatic heterocycles. The summed E-state index contributed by atoms with van der Waals surface area (Å²) in [6.45, 7) is 4.82. The second-order valence-corrected chi connectivity index (χ2v) is 8.65. The molecule has 0 N–H and O–H groups in total. The van der Waals surface area contributed by atoms with E-state index >= 15 is 0 Å². The first-order valence-corrected chi connectivity index (χ1v) is 11.1. The highest BCUT2D eigenvalue weighted by molar-refractivity contribution is 7.18. The highest BCUT2D eigenvalue weighted by Gasteiger charge is 2.21. The number of thiazole rings is 1. The molecule has 0 bridgehead atoms. The van der Waals surface area contributed by atoms with E-state index in [1.165, 1.54) is 4.70 Å². The van der Waals surface area contributed by atoms with E-state index in [4.69, 9.17) is 16.3 Å². The van der Waals surface area contributed by atoms with Gasteiger partial charge < -0.3 is 9.64 Å². The molecule has 0 spiro atoms. The fourth-order valence-corrected chi connectivity index (χ4v) is 4.54. The molecule has 1 aromatic heterocycles. The van der Waals surface area contributed by atoms with Gasteiger partial charge in [-0.2, -0.15) is 0 Å². The predicted octanol–water partition coefficient (Wildman–Crippen LogP) is 4.11. The van der Waals surface area contributed by atoms with E-state index in [-0.39, 0.29) is 5.91 Å². The monoisotopic (exact) mass is 429 g/mol. The second kappa shape index (κ2) is 9.57. The van der Waals surface area contributed by atoms with Crippen LogP contribution in [0.25, 0.3) is 10.2 Å². The minimum atomic E-state index is 0.223. The Bertz CT molecular complexity index is 919. The fraction of sp³-hybridized carbons (Fsp3) is 0.364. The fourth-order valence-electron chi connectivity index (χ4n) is 3.44. The molecular weight excluding hydrogens is 406 g/mol. The largest absolute Gasteiger partial charge is 0.492 e. The number of ether oxygens (including phenoxy) is 1. The number of hydrogen-bond donors (Lipinski definition) is 0. The number of carbonyl (C=O) groups is 1. The zero-order valence-electron chi connectivity index (χ0n) is 16.2. The number of aromatic nitrogens is 1. The van der Waals surface area contributed by atoms with Crippen molar-refractivity contribution >= 4 is 39.1 Å². The number of carbonyl (C=O) groups excluding carboxylic acids is 1. The maximum Gasteiger partial charge on any atom is 0.223 e. The Labute approximate surface area is 179 Å². The van der Waals surface area contributed by atoms with Gasteiger partial charge in [-0.25, -0.2) is 4.98 Å². The van der Waals surface area contributed by atoms with E-state index in [0.717, 1.165) is 49.0 Å². The number of nitrogens with zero attached hydrogens (tertiary/aromatic N) is 3. The van der Waals surface area contributed by atoms with Crippen LogP contribution in [0.5, 0.6) is 5.75 Å². The third-order valence-corrected chi connectivity index (χ3v) is 6.45. The molecule has 0 aliphatic carbocycles. The molecule has 2 aromatic carbocycles. The Hall–Kier alpha value is -2.15. The van der Waals surface area contributed by atoms with Crippen LogP contribution >= 0.6 is 22.9 Å². The molecule has 1 saturated heterocycles. The van der Waals surface area contributed by atoms with Gasteiger partial charge in [-0.05, 0) is 36.4 Å². The average Bonchev–Trinajstić information content (AvgIpc) is 3.17. The van der Waals surface area contributed by atoms with Crippen molar-refractivity contribution in [2.75, 3.05) is 39.3 Å². The van der Waals surface area contributed by atoms with Crippen LogP contribution in [0.3, 0.4) is 0 Å². The van der Waals surface area contributed by atoms with E-state index in [1.54, 1.807) is 11.3 Å². The summed E-state index contributed by atoms with van der Waals surface area (Å²) >= 11 is 7.57. The van der Waals surface area contributed by atoms with Gasteiger partial charge in [0.25, 0.3) is 0 Å². The molecule has 4 rings (SSSR count). The van der Waals surface area contributed by atoms with Crippen molar-refractivity contribution in [1.29, 1.82) is 0 Å². The van der Waals surface area contributed by atoms with Crippen LogP contribution in [0.15, 0.2) is 48.5 Å². The van der Waals surface area contributed by atoms with Crippen molar-refractivity contribution in [2.24, 2.45) is 0 Å². The molecule has 152 valence electrons. The summed E-state index contributed by atoms with van der Waals surface area (Å²) in [5.41, 5.74) is 1.02. The Morgan fingerprint density at radius 2 is 1.83 bits per heavy atom. The molecule has 0 radical (unpaired) electrons. The summed E-state index contributed by atoms with van der Waals surface area (Å²) in [6.07, 6.45) is 1.24. The van der Waals surface area contributed by atoms with E-state index in [1.807, 2.05) is 47.4 Å². The van der Waals surface area contributed by atoms with Crippen molar-refractivity contribution in [3.63, 3.8) is 0 Å². The number of fused-ring (bicyclic) bond motifs is 1. The van der Waals surface area contributed by atoms with Gasteiger partial charge >= 0.3 is 0 Å². The molecule has 29 heavy (non-hydrogen) atoms. The first kappa shape index (κ1) is 20.1. The molecular formula is C22H24ClN3O2S. The van der Waals surface area contributed by atoms with Gasteiger partial charge in [0.05, 0.1) is 15.2 Å². The lowest BCUT2D eigenvalue weighted by atomic mass is 10.2. The minimum Gasteiger partial charge on any atom is -0.492 e. The van der Waals surface area contributed by atoms with E-state index < -0.39 is 0 Å². The molecule has 0 atom stereocenters. The SMILES string of the molecule is O=C(CCc1nc2ccccc2s1)N1CCN(CCOc2ccc(Cl)cc2)CC1. The summed E-state index contributed by atoms with van der Waals surface area (Å²) in [5.74, 6) is 1.05. The first-order chi connectivity index (χ1) is 14.2. The van der Waals surface area contributed by atoms with Crippen LogP contribution in [0.2, 0.25) is 5.02 Å². The van der Waals surface area contributed by atoms with Crippen molar-refractivity contribution in [3.8, 4) is 5.75 Å². The lowest BCUT2D eigenvalue weighted by molar-refractivity contribution is -0.132. The number of piperazine rings is 1. The van der Waals surface area contributed by atoms with Gasteiger partial charge in [-0.1, -0.05) is 23.7 Å². The topological polar surface area (TPSA) is 45.7 Å². The summed E-state index contributed by atoms with van der Waals surface area (Å²) < 4.78 is 6.95. The van der Waals surface area contributed by atoms with E-state index in [0.29, 0.717) is 24.5 Å². The van der Waals surface area contributed by atoms with Crippen LogP contribution in [0, 0.1) is 0 Å². The third-order valence-electron chi connectivity index (χ3n) is 5.11. The van der Waals surface area contributed by atoms with Crippen LogP contribution in [0.4, 0.5) is 0 Å². The lowest BCUT2D eigenvalue weighted by Crippen LogP contribution is -2.49. The number of hydrogen-bond acceptors (Lipinski definition) is 5. The first-order valence-electron chi connectivity index (χ1n) is 9.90. The number of aryl methyl sites for hydroxylation is 1. The van der Waals surface area contributed by atoms with E-state index in [2.05, 4.69) is 16.0 Å². The van der Waals surface area contributed by atoms with Crippen LogP contribution in [0.1, 0.15) is 11.4 Å². The Morgan fingerprint density at radius 1 is 1.07 bits per heavy atom. The number of amides is 1. The number of rotatable bonds is 7. The average molecular weight is 430 g/mol. The van der Waals surface area contributed by atoms with Crippen LogP contribution in [-0.4, -0.2) is 60.0 Å². The number of para-hydroxylation sites is 1. The maximum absolute atomic E-state index is 12.6. The summed E-state index contributed by atoms with van der Waals surface area (Å²) in [4.78, 5) is 21.5. The highest BCUT2D eigenvalue weighted by Crippen LogP contribution is 2.22. The zero-order valence-corrected chi connectivity index (χ0v) is 17.8. The van der Waals surface area contributed by atoms with Gasteiger partial charge in [0.2, 0.25) is 5.91 Å². The maximum atomic E-state index is 12.6. The predicted molar refractivity (Wildman–Crippen MR) is 118 cm³/mol. The quantitative estimate of drug-likeness (QED) is 0.567. The lowest BCUT2D eigenvalue weighted by Gasteiger charge is -2.34. The molecule has 5 nitrogen and oxygen atoms in total. The molecule has 0 saturated carbocycles.